The number of nitrogens with zero attached hydrogens (tertiary/aromatic N) is 1. The van der Waals surface area contributed by atoms with Crippen LogP contribution in [0.2, 0.25) is 0 Å². The molecule has 4 nitrogen and oxygen atoms in total. The molecule has 1 heterocycles. The summed E-state index contributed by atoms with van der Waals surface area (Å²) in [7, 11) is 0. The van der Waals surface area contributed by atoms with Crippen LogP contribution in [0.3, 0.4) is 0 Å². The molecule has 1 saturated heterocycles. The highest BCUT2D eigenvalue weighted by molar-refractivity contribution is 5.43. The van der Waals surface area contributed by atoms with Gasteiger partial charge in [-0.15, -0.1) is 0 Å². The summed E-state index contributed by atoms with van der Waals surface area (Å²) in [5.74, 6) is 0.270. The number of hydrogen-bond acceptors (Lipinski definition) is 4. The number of benzene rings is 2. The van der Waals surface area contributed by atoms with Crippen molar-refractivity contribution in [1.29, 1.82) is 0 Å². The summed E-state index contributed by atoms with van der Waals surface area (Å²) in [5, 5.41) is 3.64. The summed E-state index contributed by atoms with van der Waals surface area (Å²) in [4.78, 5) is 2.41. The molecule has 0 saturated carbocycles. The Kier molecular flexibility index (Phi) is 7.36. The van der Waals surface area contributed by atoms with Gasteiger partial charge in [-0.3, -0.25) is 4.90 Å². The molecule has 0 radical (unpaired) electrons. The van der Waals surface area contributed by atoms with E-state index >= 15 is 0 Å². The van der Waals surface area contributed by atoms with Gasteiger partial charge in [0.1, 0.15) is 5.75 Å². The molecule has 3 rings (SSSR count). The monoisotopic (exact) mass is 390 g/mol. The molecular weight excluding hydrogens is 362 g/mol. The van der Waals surface area contributed by atoms with Crippen LogP contribution in [0.1, 0.15) is 28.3 Å². The van der Waals surface area contributed by atoms with Crippen molar-refractivity contribution in [2.75, 3.05) is 32.8 Å². The van der Waals surface area contributed by atoms with Crippen LogP contribution in [-0.2, 0) is 11.3 Å². The number of halogens is 2. The first-order chi connectivity index (χ1) is 13.5. The summed E-state index contributed by atoms with van der Waals surface area (Å²) >= 11 is 0. The molecule has 1 aliphatic heterocycles. The standard InChI is InChI=1S/C22H28F2N2O2/c1-16-12-18(13-17(2)21(16)28-22(23)24)14-25-20(19-6-4-3-5-7-19)15-26-8-10-27-11-9-26/h3-7,12-13,20,22,25H,8-11,14-15H2,1-2H3. The Bertz CT molecular complexity index is 726. The topological polar surface area (TPSA) is 33.7 Å². The summed E-state index contributed by atoms with van der Waals surface area (Å²) in [6.07, 6.45) is 0. The van der Waals surface area contributed by atoms with Gasteiger partial charge in [0, 0.05) is 32.2 Å². The van der Waals surface area contributed by atoms with Gasteiger partial charge in [0.15, 0.2) is 0 Å². The van der Waals surface area contributed by atoms with Crippen LogP contribution in [0.5, 0.6) is 5.75 Å². The second-order valence-electron chi connectivity index (χ2n) is 7.19. The highest BCUT2D eigenvalue weighted by atomic mass is 19.3. The van der Waals surface area contributed by atoms with Crippen LogP contribution in [-0.4, -0.2) is 44.4 Å². The maximum atomic E-state index is 12.6. The molecule has 0 bridgehead atoms. The molecule has 28 heavy (non-hydrogen) atoms. The van der Waals surface area contributed by atoms with Crippen molar-refractivity contribution in [1.82, 2.24) is 10.2 Å². The van der Waals surface area contributed by atoms with Crippen molar-refractivity contribution >= 4 is 0 Å². The summed E-state index contributed by atoms with van der Waals surface area (Å²) < 4.78 is 35.3. The molecule has 2 aromatic rings. The second kappa shape index (κ2) is 9.96. The van der Waals surface area contributed by atoms with Gasteiger partial charge in [0.25, 0.3) is 0 Å². The third-order valence-electron chi connectivity index (χ3n) is 5.03. The number of ether oxygens (including phenoxy) is 2. The Labute approximate surface area is 165 Å². The van der Waals surface area contributed by atoms with Gasteiger partial charge >= 0.3 is 6.61 Å². The van der Waals surface area contributed by atoms with Gasteiger partial charge in [-0.1, -0.05) is 42.5 Å². The Hall–Kier alpha value is -2.02. The van der Waals surface area contributed by atoms with Crippen LogP contribution in [0.15, 0.2) is 42.5 Å². The highest BCUT2D eigenvalue weighted by Gasteiger charge is 2.18. The predicted octanol–water partition coefficient (Wildman–Crippen LogP) is 4.07. The largest absolute Gasteiger partial charge is 0.434 e. The number of alkyl halides is 2. The van der Waals surface area contributed by atoms with Gasteiger partial charge in [0.05, 0.1) is 13.2 Å². The van der Waals surface area contributed by atoms with Gasteiger partial charge in [-0.2, -0.15) is 8.78 Å². The minimum Gasteiger partial charge on any atom is -0.434 e. The van der Waals surface area contributed by atoms with E-state index in [0.717, 1.165) is 49.5 Å². The minimum atomic E-state index is -2.81. The lowest BCUT2D eigenvalue weighted by atomic mass is 10.0. The molecule has 6 heteroatoms. The average Bonchev–Trinajstić information content (AvgIpc) is 2.69. The third-order valence-corrected chi connectivity index (χ3v) is 5.03. The molecule has 0 aliphatic carbocycles. The number of nitrogens with one attached hydrogen (secondary N) is 1. The number of rotatable bonds is 8. The van der Waals surface area contributed by atoms with E-state index < -0.39 is 6.61 Å². The molecular formula is C22H28F2N2O2. The zero-order chi connectivity index (χ0) is 19.9. The number of aryl methyl sites for hydroxylation is 2. The molecule has 1 aliphatic rings. The SMILES string of the molecule is Cc1cc(CNC(CN2CCOCC2)c2ccccc2)cc(C)c1OC(F)F. The van der Waals surface area contributed by atoms with Crippen LogP contribution >= 0.6 is 0 Å². The second-order valence-corrected chi connectivity index (χ2v) is 7.19. The molecule has 1 N–H and O–H groups in total. The lowest BCUT2D eigenvalue weighted by molar-refractivity contribution is -0.0507. The first-order valence-electron chi connectivity index (χ1n) is 9.66. The third kappa shape index (κ3) is 5.74. The highest BCUT2D eigenvalue weighted by Crippen LogP contribution is 2.27. The zero-order valence-corrected chi connectivity index (χ0v) is 16.5. The fourth-order valence-electron chi connectivity index (χ4n) is 3.67. The van der Waals surface area contributed by atoms with Crippen molar-refractivity contribution in [3.63, 3.8) is 0 Å². The Balaban J connectivity index is 1.70. The van der Waals surface area contributed by atoms with Crippen LogP contribution in [0, 0.1) is 13.8 Å². The van der Waals surface area contributed by atoms with E-state index in [1.165, 1.54) is 5.56 Å². The molecule has 1 atom stereocenters. The van der Waals surface area contributed by atoms with Gasteiger partial charge in [-0.05, 0) is 36.1 Å². The van der Waals surface area contributed by atoms with E-state index in [1.807, 2.05) is 30.3 Å². The molecule has 1 fully saturated rings. The van der Waals surface area contributed by atoms with E-state index in [-0.39, 0.29) is 11.8 Å². The van der Waals surface area contributed by atoms with Crippen LogP contribution in [0.25, 0.3) is 0 Å². The minimum absolute atomic E-state index is 0.178. The summed E-state index contributed by atoms with van der Waals surface area (Å²) in [5.41, 5.74) is 3.74. The molecule has 0 amide bonds. The quantitative estimate of drug-likeness (QED) is 0.737. The Morgan fingerprint density at radius 2 is 1.71 bits per heavy atom. The maximum absolute atomic E-state index is 12.6. The predicted molar refractivity (Wildman–Crippen MR) is 106 cm³/mol. The van der Waals surface area contributed by atoms with E-state index in [1.54, 1.807) is 13.8 Å². The van der Waals surface area contributed by atoms with Crippen LogP contribution in [0.4, 0.5) is 8.78 Å². The first-order valence-corrected chi connectivity index (χ1v) is 9.66. The first kappa shape index (κ1) is 20.7. The fraction of sp³-hybridized carbons (Fsp3) is 0.455. The van der Waals surface area contributed by atoms with Crippen molar-refractivity contribution in [2.24, 2.45) is 0 Å². The van der Waals surface area contributed by atoms with Gasteiger partial charge in [0.2, 0.25) is 0 Å². The maximum Gasteiger partial charge on any atom is 0.387 e. The van der Waals surface area contributed by atoms with E-state index in [2.05, 4.69) is 27.1 Å². The van der Waals surface area contributed by atoms with Gasteiger partial charge < -0.3 is 14.8 Å². The van der Waals surface area contributed by atoms with Crippen molar-refractivity contribution < 1.29 is 18.3 Å². The van der Waals surface area contributed by atoms with E-state index in [9.17, 15) is 8.78 Å². The lowest BCUT2D eigenvalue weighted by Crippen LogP contribution is -2.41. The van der Waals surface area contributed by atoms with E-state index in [0.29, 0.717) is 6.54 Å². The number of morpholine rings is 1. The number of hydrogen-bond donors (Lipinski definition) is 1. The zero-order valence-electron chi connectivity index (χ0n) is 16.5. The molecule has 2 aromatic carbocycles. The van der Waals surface area contributed by atoms with Crippen LogP contribution < -0.4 is 10.1 Å². The van der Waals surface area contributed by atoms with Crippen molar-refractivity contribution in [2.45, 2.75) is 33.0 Å². The lowest BCUT2D eigenvalue weighted by Gasteiger charge is -2.31. The summed E-state index contributed by atoms with van der Waals surface area (Å²) in [6.45, 7) is 5.76. The summed E-state index contributed by atoms with van der Waals surface area (Å²) in [6, 6.07) is 14.4. The van der Waals surface area contributed by atoms with Crippen molar-refractivity contribution in [3.8, 4) is 5.75 Å². The molecule has 0 spiro atoms. The fourth-order valence-corrected chi connectivity index (χ4v) is 3.67. The normalized spacial score (nSPS) is 16.3. The Morgan fingerprint density at radius 1 is 1.07 bits per heavy atom. The molecule has 1 unspecified atom stereocenters. The Morgan fingerprint density at radius 3 is 2.32 bits per heavy atom. The molecule has 0 aromatic heterocycles. The smallest absolute Gasteiger partial charge is 0.387 e. The average molecular weight is 390 g/mol. The van der Waals surface area contributed by atoms with Crippen molar-refractivity contribution in [3.05, 3.63) is 64.7 Å². The molecule has 152 valence electrons. The van der Waals surface area contributed by atoms with Gasteiger partial charge in [-0.25, -0.2) is 0 Å². The van der Waals surface area contributed by atoms with E-state index in [4.69, 9.17) is 4.74 Å².